The number of benzene rings is 5. The Balaban J connectivity index is 1.13. The van der Waals surface area contributed by atoms with E-state index < -0.39 is 0 Å². The number of anilines is 3. The van der Waals surface area contributed by atoms with Crippen molar-refractivity contribution < 1.29 is 9.59 Å². The van der Waals surface area contributed by atoms with Crippen LogP contribution in [0.3, 0.4) is 0 Å². The van der Waals surface area contributed by atoms with Gasteiger partial charge in [-0.3, -0.25) is 9.59 Å². The molecule has 0 atom stereocenters. The highest BCUT2D eigenvalue weighted by atomic mass is 16.1. The monoisotopic (exact) mass is 546 g/mol. The summed E-state index contributed by atoms with van der Waals surface area (Å²) < 4.78 is 0. The summed E-state index contributed by atoms with van der Waals surface area (Å²) in [5, 5.41) is 0. The van der Waals surface area contributed by atoms with E-state index >= 15 is 0 Å². The van der Waals surface area contributed by atoms with Crippen molar-refractivity contribution in [2.24, 2.45) is 0 Å². The molecule has 1 aliphatic heterocycles. The lowest BCUT2D eigenvalue weighted by molar-refractivity contribution is 0.103. The van der Waals surface area contributed by atoms with E-state index in [-0.39, 0.29) is 5.78 Å². The predicted octanol–water partition coefficient (Wildman–Crippen LogP) is 8.61. The van der Waals surface area contributed by atoms with Crippen molar-refractivity contribution in [2.75, 3.05) is 11.4 Å². The van der Waals surface area contributed by atoms with Crippen molar-refractivity contribution >= 4 is 34.7 Å². The second-order valence-corrected chi connectivity index (χ2v) is 10.2. The van der Waals surface area contributed by atoms with Crippen LogP contribution in [0.5, 0.6) is 0 Å². The van der Waals surface area contributed by atoms with Gasteiger partial charge in [0.15, 0.2) is 5.78 Å². The highest BCUT2D eigenvalue weighted by Crippen LogP contribution is 2.35. The van der Waals surface area contributed by atoms with Gasteiger partial charge in [-0.15, -0.1) is 0 Å². The number of carbonyl (C=O) groups excluding carboxylic acids is 2. The molecule has 0 N–H and O–H groups in total. The first kappa shape index (κ1) is 26.7. The fraction of sp³-hybridized carbons (Fsp3) is 0.0526. The molecule has 0 amide bonds. The Morgan fingerprint density at radius 1 is 0.667 bits per heavy atom. The Morgan fingerprint density at radius 2 is 1.24 bits per heavy atom. The summed E-state index contributed by atoms with van der Waals surface area (Å²) in [7, 11) is 0. The van der Waals surface area contributed by atoms with E-state index in [1.165, 1.54) is 5.57 Å². The van der Waals surface area contributed by atoms with Crippen LogP contribution in [0, 0.1) is 0 Å². The molecule has 0 fully saturated rings. The Kier molecular flexibility index (Phi) is 7.87. The van der Waals surface area contributed by atoms with Crippen LogP contribution in [0.1, 0.15) is 37.4 Å². The number of carbonyl (C=O) groups is 2. The Morgan fingerprint density at radius 3 is 1.83 bits per heavy atom. The average Bonchev–Trinajstić information content (AvgIpc) is 3.07. The van der Waals surface area contributed by atoms with Gasteiger partial charge in [0.2, 0.25) is 0 Å². The molecule has 4 nitrogen and oxygen atoms in total. The largest absolute Gasteiger partial charge is 0.369 e. The Hall–Kier alpha value is -5.48. The third-order valence-electron chi connectivity index (χ3n) is 7.41. The minimum absolute atomic E-state index is 0.0429. The van der Waals surface area contributed by atoms with Crippen LogP contribution in [0.2, 0.25) is 0 Å². The number of hydrogen-bond donors (Lipinski definition) is 0. The third kappa shape index (κ3) is 5.98. The molecule has 1 heterocycles. The van der Waals surface area contributed by atoms with Crippen LogP contribution in [-0.2, 0) is 6.54 Å². The molecule has 1 aliphatic rings. The minimum Gasteiger partial charge on any atom is -0.369 e. The zero-order valence-corrected chi connectivity index (χ0v) is 23.1. The van der Waals surface area contributed by atoms with Crippen LogP contribution >= 0.6 is 0 Å². The van der Waals surface area contributed by atoms with Crippen molar-refractivity contribution in [3.8, 4) is 0 Å². The Labute approximate surface area is 246 Å². The molecular formula is C38H30N2O2. The molecule has 42 heavy (non-hydrogen) atoms. The molecule has 0 radical (unpaired) electrons. The number of allylic oxidation sites excluding steroid dienone is 2. The quantitative estimate of drug-likeness (QED) is 0.137. The maximum Gasteiger partial charge on any atom is 0.193 e. The van der Waals surface area contributed by atoms with Crippen LogP contribution < -0.4 is 4.90 Å². The summed E-state index contributed by atoms with van der Waals surface area (Å²) in [6.07, 6.45) is 7.40. The first-order valence-electron chi connectivity index (χ1n) is 14.0. The van der Waals surface area contributed by atoms with Crippen LogP contribution in [0.4, 0.5) is 17.1 Å². The first-order chi connectivity index (χ1) is 20.7. The topological polar surface area (TPSA) is 40.6 Å². The van der Waals surface area contributed by atoms with Gasteiger partial charge >= 0.3 is 0 Å². The number of nitrogens with zero attached hydrogens (tertiary/aromatic N) is 2. The highest BCUT2D eigenvalue weighted by molar-refractivity contribution is 6.08. The summed E-state index contributed by atoms with van der Waals surface area (Å²) in [5.74, 6) is 0.0429. The third-order valence-corrected chi connectivity index (χ3v) is 7.41. The molecule has 0 saturated heterocycles. The molecule has 204 valence electrons. The molecule has 0 bridgehead atoms. The fourth-order valence-corrected chi connectivity index (χ4v) is 5.14. The molecule has 4 heteroatoms. The molecule has 6 rings (SSSR count). The van der Waals surface area contributed by atoms with Gasteiger partial charge in [0.05, 0.1) is 0 Å². The van der Waals surface area contributed by atoms with Crippen molar-refractivity contribution in [1.29, 1.82) is 0 Å². The van der Waals surface area contributed by atoms with Gasteiger partial charge in [0.1, 0.15) is 6.29 Å². The minimum atomic E-state index is 0.0429. The maximum absolute atomic E-state index is 12.7. The number of para-hydroxylation sites is 1. The average molecular weight is 547 g/mol. The highest BCUT2D eigenvalue weighted by Gasteiger charge is 2.14. The lowest BCUT2D eigenvalue weighted by Crippen LogP contribution is -2.19. The van der Waals surface area contributed by atoms with E-state index in [0.29, 0.717) is 16.7 Å². The zero-order chi connectivity index (χ0) is 28.7. The van der Waals surface area contributed by atoms with Crippen molar-refractivity contribution in [2.45, 2.75) is 6.54 Å². The molecule has 0 unspecified atom stereocenters. The number of rotatable bonds is 9. The van der Waals surface area contributed by atoms with Gasteiger partial charge in [-0.2, -0.15) is 0 Å². The van der Waals surface area contributed by atoms with E-state index in [2.05, 4.69) is 64.6 Å². The molecule has 0 aromatic heterocycles. The zero-order valence-electron chi connectivity index (χ0n) is 23.1. The van der Waals surface area contributed by atoms with E-state index in [4.69, 9.17) is 0 Å². The predicted molar refractivity (Wildman–Crippen MR) is 170 cm³/mol. The van der Waals surface area contributed by atoms with E-state index in [1.54, 1.807) is 0 Å². The summed E-state index contributed by atoms with van der Waals surface area (Å²) in [5.41, 5.74) is 8.64. The molecule has 0 saturated carbocycles. The molecule has 5 aromatic rings. The lowest BCUT2D eigenvalue weighted by Gasteiger charge is -2.26. The smallest absolute Gasteiger partial charge is 0.193 e. The van der Waals surface area contributed by atoms with E-state index in [0.717, 1.165) is 47.6 Å². The SMILES string of the molecule is O=Cc1ccc(N(c2ccccc2)c2ccc(C3=CCN(Cc4ccc(C(=O)c5ccccc5)cc4)C=C3)cc2)cc1. The van der Waals surface area contributed by atoms with Gasteiger partial charge < -0.3 is 9.80 Å². The fourth-order valence-electron chi connectivity index (χ4n) is 5.14. The van der Waals surface area contributed by atoms with Gasteiger partial charge in [-0.25, -0.2) is 0 Å². The summed E-state index contributed by atoms with van der Waals surface area (Å²) >= 11 is 0. The van der Waals surface area contributed by atoms with Crippen molar-refractivity contribution in [3.63, 3.8) is 0 Å². The standard InChI is InChI=1S/C38H30N2O2/c41-28-30-13-19-36(20-14-30)40(35-9-5-2-6-10-35)37-21-17-31(18-22-37)32-23-25-39(26-24-32)27-29-11-15-34(16-12-29)38(42)33-7-3-1-4-8-33/h1-25,28H,26-27H2. The first-order valence-corrected chi connectivity index (χ1v) is 14.0. The van der Waals surface area contributed by atoms with Crippen LogP contribution in [0.25, 0.3) is 5.57 Å². The summed E-state index contributed by atoms with van der Waals surface area (Å²) in [6, 6.07) is 43.7. The second-order valence-electron chi connectivity index (χ2n) is 10.2. The van der Waals surface area contributed by atoms with Gasteiger partial charge in [-0.1, -0.05) is 91.0 Å². The van der Waals surface area contributed by atoms with Crippen molar-refractivity contribution in [3.05, 3.63) is 180 Å². The number of aldehydes is 1. The van der Waals surface area contributed by atoms with Crippen LogP contribution in [-0.4, -0.2) is 23.5 Å². The van der Waals surface area contributed by atoms with E-state index in [1.807, 2.05) is 97.1 Å². The molecule has 0 spiro atoms. The van der Waals surface area contributed by atoms with E-state index in [9.17, 15) is 9.59 Å². The Bertz CT molecular complexity index is 1720. The molecule has 5 aromatic carbocycles. The van der Waals surface area contributed by atoms with Crippen LogP contribution in [0.15, 0.2) is 152 Å². The lowest BCUT2D eigenvalue weighted by atomic mass is 10.0. The summed E-state index contributed by atoms with van der Waals surface area (Å²) in [4.78, 5) is 28.3. The second kappa shape index (κ2) is 12.4. The molecular weight excluding hydrogens is 516 g/mol. The van der Waals surface area contributed by atoms with Gasteiger partial charge in [-0.05, 0) is 71.3 Å². The maximum atomic E-state index is 12.7. The summed E-state index contributed by atoms with van der Waals surface area (Å²) in [6.45, 7) is 1.57. The van der Waals surface area contributed by atoms with Gasteiger partial charge in [0, 0.05) is 53.0 Å². The normalized spacial score (nSPS) is 12.5. The van der Waals surface area contributed by atoms with Gasteiger partial charge in [0.25, 0.3) is 0 Å². The number of ketones is 1. The van der Waals surface area contributed by atoms with Crippen molar-refractivity contribution in [1.82, 2.24) is 4.90 Å². The number of hydrogen-bond acceptors (Lipinski definition) is 4. The molecule has 0 aliphatic carbocycles.